The van der Waals surface area contributed by atoms with Crippen LogP contribution in [0.1, 0.15) is 33.3 Å². The number of hydrogen-bond donors (Lipinski definition) is 2. The Bertz CT molecular complexity index is 675. The molecular weight excluding hydrogens is 378 g/mol. The summed E-state index contributed by atoms with van der Waals surface area (Å²) < 4.78 is 10.7. The highest BCUT2D eigenvalue weighted by molar-refractivity contribution is 5.90. The van der Waals surface area contributed by atoms with Gasteiger partial charge in [-0.05, 0) is 33.3 Å². The van der Waals surface area contributed by atoms with Gasteiger partial charge in [-0.1, -0.05) is 30.3 Å². The number of alkyl carbamates (subject to hydrolysis) is 1. The first-order valence-corrected chi connectivity index (χ1v) is 9.26. The van der Waals surface area contributed by atoms with Crippen molar-refractivity contribution in [3.63, 3.8) is 0 Å². The molecule has 0 saturated carbocycles. The van der Waals surface area contributed by atoms with E-state index in [9.17, 15) is 14.4 Å². The molecule has 0 bridgehead atoms. The second-order valence-electron chi connectivity index (χ2n) is 7.43. The van der Waals surface area contributed by atoms with Crippen LogP contribution in [0.15, 0.2) is 30.3 Å². The summed E-state index contributed by atoms with van der Waals surface area (Å²) in [6.07, 6.45) is -0.737. The molecular formula is C20H31N3O6. The molecule has 0 aliphatic heterocycles. The highest BCUT2D eigenvalue weighted by Gasteiger charge is 2.28. The van der Waals surface area contributed by atoms with Crippen molar-refractivity contribution in [2.24, 2.45) is 0 Å². The van der Waals surface area contributed by atoms with Gasteiger partial charge in [-0.25, -0.2) is 9.86 Å². The molecule has 1 rings (SSSR count). The lowest BCUT2D eigenvalue weighted by Crippen LogP contribution is -2.55. The fraction of sp³-hybridized carbons (Fsp3) is 0.550. The van der Waals surface area contributed by atoms with Gasteiger partial charge in [0.15, 0.2) is 0 Å². The first kappa shape index (κ1) is 24.4. The molecule has 3 amide bonds. The number of hydrogen-bond acceptors (Lipinski definition) is 6. The molecule has 0 heterocycles. The summed E-state index contributed by atoms with van der Waals surface area (Å²) in [5.74, 6) is -1.04. The molecule has 0 aromatic heterocycles. The van der Waals surface area contributed by atoms with Crippen molar-refractivity contribution in [1.82, 2.24) is 15.7 Å². The monoisotopic (exact) mass is 409 g/mol. The van der Waals surface area contributed by atoms with Crippen molar-refractivity contribution in [1.29, 1.82) is 0 Å². The van der Waals surface area contributed by atoms with Crippen LogP contribution < -0.4 is 10.6 Å². The van der Waals surface area contributed by atoms with E-state index in [1.54, 1.807) is 0 Å². The van der Waals surface area contributed by atoms with Crippen molar-refractivity contribution in [2.75, 3.05) is 20.8 Å². The Morgan fingerprint density at radius 1 is 1.10 bits per heavy atom. The van der Waals surface area contributed by atoms with E-state index in [1.165, 1.54) is 21.1 Å². The average molecular weight is 409 g/mol. The molecule has 9 nitrogen and oxygen atoms in total. The molecule has 2 atom stereocenters. The van der Waals surface area contributed by atoms with Gasteiger partial charge in [-0.15, -0.1) is 0 Å². The SMILES string of the molecule is CON(C)C(=O)[C@H](COC(C)(C)C)NC(=O)[C@H](C)NC(=O)OCc1ccccc1. The number of carbonyl (C=O) groups is 3. The number of ether oxygens (including phenoxy) is 2. The van der Waals surface area contributed by atoms with Crippen molar-refractivity contribution < 1.29 is 28.7 Å². The zero-order valence-corrected chi connectivity index (χ0v) is 17.9. The molecule has 0 fully saturated rings. The summed E-state index contributed by atoms with van der Waals surface area (Å²) in [5.41, 5.74) is 0.326. The summed E-state index contributed by atoms with van der Waals surface area (Å²) in [6, 6.07) is 7.27. The van der Waals surface area contributed by atoms with E-state index in [4.69, 9.17) is 14.3 Å². The molecule has 1 aromatic rings. The maximum atomic E-state index is 12.5. The Kier molecular flexibility index (Phi) is 9.57. The number of rotatable bonds is 9. The van der Waals surface area contributed by atoms with Crippen LogP contribution in [0, 0.1) is 0 Å². The minimum Gasteiger partial charge on any atom is -0.445 e. The van der Waals surface area contributed by atoms with E-state index in [1.807, 2.05) is 51.1 Å². The first-order chi connectivity index (χ1) is 13.5. The maximum absolute atomic E-state index is 12.5. The molecule has 1 aromatic carbocycles. The molecule has 0 spiro atoms. The third kappa shape index (κ3) is 9.40. The normalized spacial score (nSPS) is 13.2. The predicted octanol–water partition coefficient (Wildman–Crippen LogP) is 1.62. The molecule has 9 heteroatoms. The van der Waals surface area contributed by atoms with Crippen LogP contribution in [0.2, 0.25) is 0 Å². The van der Waals surface area contributed by atoms with Gasteiger partial charge in [0, 0.05) is 7.05 Å². The van der Waals surface area contributed by atoms with Crippen LogP contribution in [0.4, 0.5) is 4.79 Å². The van der Waals surface area contributed by atoms with Crippen LogP contribution in [0.25, 0.3) is 0 Å². The Morgan fingerprint density at radius 2 is 1.72 bits per heavy atom. The van der Waals surface area contributed by atoms with E-state index in [-0.39, 0.29) is 13.2 Å². The maximum Gasteiger partial charge on any atom is 0.408 e. The summed E-state index contributed by atoms with van der Waals surface area (Å²) in [7, 11) is 2.77. The molecule has 0 radical (unpaired) electrons. The summed E-state index contributed by atoms with van der Waals surface area (Å²) >= 11 is 0. The molecule has 162 valence electrons. The Labute approximate surface area is 171 Å². The number of likely N-dealkylation sites (N-methyl/N-ethyl adjacent to an activating group) is 1. The van der Waals surface area contributed by atoms with Crippen molar-refractivity contribution in [3.8, 4) is 0 Å². The summed E-state index contributed by atoms with van der Waals surface area (Å²) in [6.45, 7) is 7.04. The lowest BCUT2D eigenvalue weighted by Gasteiger charge is -2.27. The predicted molar refractivity (Wildman–Crippen MR) is 107 cm³/mol. The Balaban J connectivity index is 2.61. The first-order valence-electron chi connectivity index (χ1n) is 9.26. The topological polar surface area (TPSA) is 106 Å². The molecule has 0 saturated heterocycles. The van der Waals surface area contributed by atoms with E-state index in [0.717, 1.165) is 10.6 Å². The lowest BCUT2D eigenvalue weighted by molar-refractivity contribution is -0.174. The van der Waals surface area contributed by atoms with E-state index in [2.05, 4.69) is 10.6 Å². The fourth-order valence-corrected chi connectivity index (χ4v) is 2.12. The van der Waals surface area contributed by atoms with Crippen LogP contribution in [0.5, 0.6) is 0 Å². The standard InChI is InChI=1S/C20H31N3O6/c1-14(21-19(26)28-12-15-10-8-7-9-11-15)17(24)22-16(13-29-20(2,3)4)18(25)23(5)27-6/h7-11,14,16H,12-13H2,1-6H3,(H,21,26)(H,22,24)/t14-,16-/m0/s1. The van der Waals surface area contributed by atoms with Gasteiger partial charge in [-0.2, -0.15) is 0 Å². The van der Waals surface area contributed by atoms with Gasteiger partial charge in [0.1, 0.15) is 18.7 Å². The van der Waals surface area contributed by atoms with E-state index >= 15 is 0 Å². The highest BCUT2D eigenvalue weighted by Crippen LogP contribution is 2.08. The highest BCUT2D eigenvalue weighted by atomic mass is 16.7. The molecule has 0 aliphatic carbocycles. The molecule has 29 heavy (non-hydrogen) atoms. The third-order valence-electron chi connectivity index (χ3n) is 3.82. The van der Waals surface area contributed by atoms with Crippen LogP contribution in [0.3, 0.4) is 0 Å². The molecule has 0 unspecified atom stereocenters. The average Bonchev–Trinajstić information content (AvgIpc) is 2.68. The number of benzene rings is 1. The summed E-state index contributed by atoms with van der Waals surface area (Å²) in [4.78, 5) is 41.7. The van der Waals surface area contributed by atoms with Gasteiger partial charge < -0.3 is 20.1 Å². The Hall–Kier alpha value is -2.65. The van der Waals surface area contributed by atoms with Gasteiger partial charge in [0.25, 0.3) is 5.91 Å². The number of hydroxylamine groups is 2. The van der Waals surface area contributed by atoms with Crippen molar-refractivity contribution in [2.45, 2.75) is 52.0 Å². The summed E-state index contributed by atoms with van der Waals surface area (Å²) in [5, 5.41) is 6.02. The molecule has 0 aliphatic rings. The number of carbonyl (C=O) groups excluding carboxylic acids is 3. The minimum absolute atomic E-state index is 0.0487. The molecule has 2 N–H and O–H groups in total. The number of nitrogens with one attached hydrogen (secondary N) is 2. The van der Waals surface area contributed by atoms with Gasteiger partial charge in [0.05, 0.1) is 19.3 Å². The Morgan fingerprint density at radius 3 is 2.28 bits per heavy atom. The van der Waals surface area contributed by atoms with Crippen LogP contribution in [-0.2, 0) is 30.5 Å². The zero-order chi connectivity index (χ0) is 22.0. The number of nitrogens with zero attached hydrogens (tertiary/aromatic N) is 1. The lowest BCUT2D eigenvalue weighted by atomic mass is 10.2. The van der Waals surface area contributed by atoms with Crippen molar-refractivity contribution >= 4 is 17.9 Å². The van der Waals surface area contributed by atoms with Crippen LogP contribution in [-0.4, -0.2) is 61.4 Å². The van der Waals surface area contributed by atoms with Gasteiger partial charge in [0.2, 0.25) is 5.91 Å². The minimum atomic E-state index is -0.976. The fourth-order valence-electron chi connectivity index (χ4n) is 2.12. The van der Waals surface area contributed by atoms with E-state index in [0.29, 0.717) is 0 Å². The second kappa shape index (κ2) is 11.4. The zero-order valence-electron chi connectivity index (χ0n) is 17.9. The van der Waals surface area contributed by atoms with Gasteiger partial charge >= 0.3 is 6.09 Å². The smallest absolute Gasteiger partial charge is 0.408 e. The van der Waals surface area contributed by atoms with Crippen LogP contribution >= 0.6 is 0 Å². The van der Waals surface area contributed by atoms with E-state index < -0.39 is 35.6 Å². The quantitative estimate of drug-likeness (QED) is 0.601. The third-order valence-corrected chi connectivity index (χ3v) is 3.82. The number of amides is 3. The van der Waals surface area contributed by atoms with Crippen molar-refractivity contribution in [3.05, 3.63) is 35.9 Å². The second-order valence-corrected chi connectivity index (χ2v) is 7.43. The van der Waals surface area contributed by atoms with Gasteiger partial charge in [-0.3, -0.25) is 14.4 Å². The largest absolute Gasteiger partial charge is 0.445 e.